The van der Waals surface area contributed by atoms with Gasteiger partial charge in [0.15, 0.2) is 5.58 Å². The summed E-state index contributed by atoms with van der Waals surface area (Å²) in [6, 6.07) is 4.56. The molecule has 0 radical (unpaired) electrons. The van der Waals surface area contributed by atoms with Crippen LogP contribution in [-0.2, 0) is 36.9 Å². The van der Waals surface area contributed by atoms with Crippen molar-refractivity contribution >= 4 is 46.1 Å². The average molecular weight is 724 g/mol. The van der Waals surface area contributed by atoms with E-state index in [0.717, 1.165) is 72.6 Å². The number of rotatable bonds is 16. The van der Waals surface area contributed by atoms with E-state index < -0.39 is 5.25 Å². The summed E-state index contributed by atoms with van der Waals surface area (Å²) in [4.78, 5) is 70.6. The Morgan fingerprint density at radius 2 is 1.86 bits per heavy atom. The van der Waals surface area contributed by atoms with Crippen LogP contribution in [0.2, 0.25) is 0 Å². The number of nitrogens with zero attached hydrogens (tertiary/aromatic N) is 5. The number of hydrogen-bond acceptors (Lipinski definition) is 11. The Hall–Kier alpha value is -3.75. The van der Waals surface area contributed by atoms with Gasteiger partial charge in [-0.15, -0.1) is 11.8 Å². The van der Waals surface area contributed by atoms with Crippen LogP contribution in [0.25, 0.3) is 11.0 Å². The Labute approximate surface area is 300 Å². The van der Waals surface area contributed by atoms with E-state index in [1.807, 2.05) is 6.92 Å². The minimum Gasteiger partial charge on any atom is -0.370 e. The standard InChI is InChI=1S/C37H46FN5O7S/c1-23(44)22-51-32-21-33(46)42(37(32)48)18-12-27(45)6-3-4-19-49-30-7-5-14-43-35(30)39-24(2)28(36(43)47)13-17-41-15-10-25(11-16-41)34-29-9-8-26(38)20-31(29)50-40-34/h8-9,20,25,30,32H,3-7,10-19,21-22H2,1-2H3. The van der Waals surface area contributed by atoms with E-state index in [2.05, 4.69) is 10.1 Å². The Balaban J connectivity index is 0.926. The maximum atomic E-state index is 13.6. The van der Waals surface area contributed by atoms with Gasteiger partial charge in [0.05, 0.1) is 16.7 Å². The maximum absolute atomic E-state index is 13.6. The molecule has 0 N–H and O–H groups in total. The number of halogens is 1. The smallest absolute Gasteiger partial charge is 0.257 e. The fourth-order valence-electron chi connectivity index (χ4n) is 7.37. The molecule has 2 atom stereocenters. The lowest BCUT2D eigenvalue weighted by Gasteiger charge is -2.31. The number of carbonyl (C=O) groups excluding carboxylic acids is 4. The summed E-state index contributed by atoms with van der Waals surface area (Å²) in [5.41, 5.74) is 2.86. The third-order valence-electron chi connectivity index (χ3n) is 10.2. The van der Waals surface area contributed by atoms with Gasteiger partial charge in [-0.1, -0.05) is 5.16 Å². The van der Waals surface area contributed by atoms with E-state index >= 15 is 0 Å². The SMILES string of the molecule is CC(=O)CSC1CC(=O)N(CCC(=O)CCCCOC2CCCn3c2nc(C)c(CCN2CCC(c4noc5cc(F)ccc45)CC2)c3=O)C1=O. The Morgan fingerprint density at radius 1 is 1.06 bits per heavy atom. The summed E-state index contributed by atoms with van der Waals surface area (Å²) in [6.07, 6.45) is 5.57. The minimum atomic E-state index is -0.544. The molecule has 3 aromatic rings. The number of likely N-dealkylation sites (tertiary alicyclic amines) is 2. The zero-order valence-electron chi connectivity index (χ0n) is 29.4. The number of aryl methyl sites for hydroxylation is 1. The molecule has 2 fully saturated rings. The number of Topliss-reactive ketones (excluding diaryl/α,β-unsaturated/α-hetero) is 2. The summed E-state index contributed by atoms with van der Waals surface area (Å²) >= 11 is 1.18. The first-order valence-electron chi connectivity index (χ1n) is 18.0. The summed E-state index contributed by atoms with van der Waals surface area (Å²) in [7, 11) is 0. The predicted molar refractivity (Wildman–Crippen MR) is 189 cm³/mol. The van der Waals surface area contributed by atoms with Crippen LogP contribution in [0, 0.1) is 12.7 Å². The van der Waals surface area contributed by atoms with Crippen molar-refractivity contribution in [3.8, 4) is 0 Å². The molecule has 0 bridgehead atoms. The zero-order chi connectivity index (χ0) is 36.1. The minimum absolute atomic E-state index is 0.00585. The molecule has 2 unspecified atom stereocenters. The number of amides is 2. The molecule has 0 spiro atoms. The molecular formula is C37H46FN5O7S. The molecule has 274 valence electrons. The molecular weight excluding hydrogens is 678 g/mol. The van der Waals surface area contributed by atoms with Crippen LogP contribution in [-0.4, -0.2) is 91.7 Å². The van der Waals surface area contributed by atoms with Gasteiger partial charge in [0.25, 0.3) is 5.56 Å². The highest BCUT2D eigenvalue weighted by Gasteiger charge is 2.38. The van der Waals surface area contributed by atoms with Crippen LogP contribution in [0.1, 0.15) is 99.5 Å². The van der Waals surface area contributed by atoms with E-state index in [1.165, 1.54) is 30.8 Å². The van der Waals surface area contributed by atoms with Crippen molar-refractivity contribution in [2.75, 3.05) is 38.5 Å². The summed E-state index contributed by atoms with van der Waals surface area (Å²) in [5.74, 6) is 0.110. The highest BCUT2D eigenvalue weighted by molar-refractivity contribution is 8.01. The van der Waals surface area contributed by atoms with Crippen molar-refractivity contribution in [3.05, 3.63) is 57.1 Å². The molecule has 1 aromatic carbocycles. The van der Waals surface area contributed by atoms with Gasteiger partial charge in [-0.05, 0) is 84.0 Å². The lowest BCUT2D eigenvalue weighted by atomic mass is 9.91. The van der Waals surface area contributed by atoms with Crippen LogP contribution in [0.15, 0.2) is 27.5 Å². The van der Waals surface area contributed by atoms with E-state index in [-0.39, 0.29) is 71.9 Å². The number of carbonyl (C=O) groups is 4. The van der Waals surface area contributed by atoms with E-state index in [4.69, 9.17) is 14.2 Å². The summed E-state index contributed by atoms with van der Waals surface area (Å²) in [5, 5.41) is 4.58. The van der Waals surface area contributed by atoms with Crippen molar-refractivity contribution in [2.24, 2.45) is 0 Å². The van der Waals surface area contributed by atoms with Crippen molar-refractivity contribution in [3.63, 3.8) is 0 Å². The fourth-order valence-corrected chi connectivity index (χ4v) is 8.33. The van der Waals surface area contributed by atoms with Crippen LogP contribution in [0.3, 0.4) is 0 Å². The Bertz CT molecular complexity index is 1840. The molecule has 2 amide bonds. The van der Waals surface area contributed by atoms with Gasteiger partial charge in [0.1, 0.15) is 29.3 Å². The Morgan fingerprint density at radius 3 is 2.65 bits per heavy atom. The third kappa shape index (κ3) is 8.83. The highest BCUT2D eigenvalue weighted by atomic mass is 32.2. The molecule has 3 aliphatic heterocycles. The van der Waals surface area contributed by atoms with Gasteiger partial charge in [-0.3, -0.25) is 33.4 Å². The lowest BCUT2D eigenvalue weighted by Crippen LogP contribution is -2.38. The first kappa shape index (κ1) is 37.0. The van der Waals surface area contributed by atoms with Crippen LogP contribution >= 0.6 is 11.8 Å². The van der Waals surface area contributed by atoms with Crippen LogP contribution in [0.4, 0.5) is 4.39 Å². The number of thioether (sulfide) groups is 1. The van der Waals surface area contributed by atoms with Crippen molar-refractivity contribution in [2.45, 2.75) is 102 Å². The number of ether oxygens (including phenoxy) is 1. The molecule has 5 heterocycles. The van der Waals surface area contributed by atoms with Crippen molar-refractivity contribution in [1.29, 1.82) is 0 Å². The average Bonchev–Trinajstić information content (AvgIpc) is 3.65. The number of piperidine rings is 1. The van der Waals surface area contributed by atoms with E-state index in [0.29, 0.717) is 50.2 Å². The number of imide groups is 1. The second kappa shape index (κ2) is 16.7. The second-order valence-corrected chi connectivity index (χ2v) is 15.1. The van der Waals surface area contributed by atoms with Crippen molar-refractivity contribution in [1.82, 2.24) is 24.5 Å². The maximum Gasteiger partial charge on any atom is 0.257 e. The molecule has 2 aromatic heterocycles. The first-order chi connectivity index (χ1) is 24.6. The zero-order valence-corrected chi connectivity index (χ0v) is 30.2. The van der Waals surface area contributed by atoms with Gasteiger partial charge in [-0.2, -0.15) is 0 Å². The number of benzene rings is 1. The highest BCUT2D eigenvalue weighted by Crippen LogP contribution is 2.33. The topological polar surface area (TPSA) is 145 Å². The molecule has 0 saturated carbocycles. The van der Waals surface area contributed by atoms with Crippen LogP contribution < -0.4 is 5.56 Å². The molecule has 2 saturated heterocycles. The van der Waals surface area contributed by atoms with Gasteiger partial charge < -0.3 is 14.2 Å². The number of hydrogen-bond donors (Lipinski definition) is 0. The third-order valence-corrected chi connectivity index (χ3v) is 11.6. The second-order valence-electron chi connectivity index (χ2n) is 13.9. The quantitative estimate of drug-likeness (QED) is 0.150. The van der Waals surface area contributed by atoms with Gasteiger partial charge in [-0.25, -0.2) is 9.37 Å². The predicted octanol–water partition coefficient (Wildman–Crippen LogP) is 4.68. The van der Waals surface area contributed by atoms with E-state index in [1.54, 1.807) is 10.6 Å². The van der Waals surface area contributed by atoms with E-state index in [9.17, 15) is 28.4 Å². The molecule has 6 rings (SSSR count). The molecule has 14 heteroatoms. The lowest BCUT2D eigenvalue weighted by molar-refractivity contribution is -0.138. The first-order valence-corrected chi connectivity index (χ1v) is 19.1. The van der Waals surface area contributed by atoms with Gasteiger partial charge in [0, 0.05) is 74.1 Å². The Kier molecular flexibility index (Phi) is 12.1. The number of unbranched alkanes of at least 4 members (excludes halogenated alkanes) is 1. The molecule has 12 nitrogen and oxygen atoms in total. The number of fused-ring (bicyclic) bond motifs is 2. The monoisotopic (exact) mass is 723 g/mol. The number of aromatic nitrogens is 3. The molecule has 3 aliphatic rings. The largest absolute Gasteiger partial charge is 0.370 e. The number of ketones is 2. The van der Waals surface area contributed by atoms with Gasteiger partial charge >= 0.3 is 0 Å². The van der Waals surface area contributed by atoms with Gasteiger partial charge in [0.2, 0.25) is 11.8 Å². The summed E-state index contributed by atoms with van der Waals surface area (Å²) < 4.78 is 26.9. The van der Waals surface area contributed by atoms with Crippen molar-refractivity contribution < 1.29 is 32.8 Å². The normalized spacial score (nSPS) is 20.0. The molecule has 51 heavy (non-hydrogen) atoms. The molecule has 0 aliphatic carbocycles. The van der Waals surface area contributed by atoms with Crippen LogP contribution in [0.5, 0.6) is 0 Å². The summed E-state index contributed by atoms with van der Waals surface area (Å²) in [6.45, 7) is 6.98. The fraction of sp³-hybridized carbons (Fsp3) is 0.595.